The SMILES string of the molecule is C[C@@H]1[C@H]2[C@H]3CC[C@@H]4[C@]5(C)[C@@H](CC[C@@]4(C)[C@]3(C)CC[C@@]2(C)CC[C@H]1C)C(C)(C)C(O)CC5(O)C(=O)O. The molecule has 4 heteroatoms. The molecular weight excluding hydrogens is 436 g/mol. The van der Waals surface area contributed by atoms with Crippen LogP contribution in [0.5, 0.6) is 0 Å². The summed E-state index contributed by atoms with van der Waals surface area (Å²) in [6.45, 7) is 18.9. The van der Waals surface area contributed by atoms with Gasteiger partial charge in [-0.05, 0) is 109 Å². The molecule has 12 atom stereocenters. The summed E-state index contributed by atoms with van der Waals surface area (Å²) in [5, 5.41) is 33.5. The van der Waals surface area contributed by atoms with E-state index >= 15 is 0 Å². The zero-order valence-electron chi connectivity index (χ0n) is 23.7. The summed E-state index contributed by atoms with van der Waals surface area (Å²) in [5.74, 6) is 1.89. The van der Waals surface area contributed by atoms with Gasteiger partial charge >= 0.3 is 5.97 Å². The highest BCUT2D eigenvalue weighted by atomic mass is 16.4. The van der Waals surface area contributed by atoms with Crippen molar-refractivity contribution in [3.8, 4) is 0 Å². The Morgan fingerprint density at radius 2 is 1.46 bits per heavy atom. The molecule has 0 aromatic heterocycles. The van der Waals surface area contributed by atoms with E-state index in [-0.39, 0.29) is 29.1 Å². The molecule has 5 saturated carbocycles. The lowest BCUT2D eigenvalue weighted by molar-refractivity contribution is -0.304. The van der Waals surface area contributed by atoms with Gasteiger partial charge < -0.3 is 15.3 Å². The number of fused-ring (bicyclic) bond motifs is 7. The highest BCUT2D eigenvalue weighted by Crippen LogP contribution is 2.78. The average molecular weight is 489 g/mol. The second-order valence-electron chi connectivity index (χ2n) is 15.7. The lowest BCUT2D eigenvalue weighted by Crippen LogP contribution is -2.75. The average Bonchev–Trinajstić information content (AvgIpc) is 2.76. The Labute approximate surface area is 213 Å². The van der Waals surface area contributed by atoms with Gasteiger partial charge in [-0.1, -0.05) is 55.4 Å². The highest BCUT2D eigenvalue weighted by Gasteiger charge is 2.76. The first-order chi connectivity index (χ1) is 16.0. The predicted octanol–water partition coefficient (Wildman–Crippen LogP) is 6.53. The molecule has 0 spiro atoms. The fourth-order valence-corrected chi connectivity index (χ4v) is 12.0. The minimum atomic E-state index is -1.89. The molecule has 2 unspecified atom stereocenters. The molecule has 0 aromatic carbocycles. The summed E-state index contributed by atoms with van der Waals surface area (Å²) < 4.78 is 0. The minimum Gasteiger partial charge on any atom is -0.479 e. The van der Waals surface area contributed by atoms with Crippen LogP contribution in [-0.2, 0) is 4.79 Å². The standard InChI is InChI=1S/C31H52O4/c1-18-11-13-27(5)15-16-28(6)20(24(27)19(18)2)9-10-22-29(28,7)14-12-21-26(3,4)23(32)17-31(35,25(33)34)30(21,22)8/h18-24,32,35H,9-17H2,1-8H3,(H,33,34)/t18-,19+,20-,21+,22+,23?,24+,27-,28-,29-,30+,31?/m1/s1. The van der Waals surface area contributed by atoms with Gasteiger partial charge in [-0.15, -0.1) is 0 Å². The number of aliphatic hydroxyl groups excluding tert-OH is 1. The maximum absolute atomic E-state index is 12.8. The molecule has 5 rings (SSSR count). The molecule has 0 radical (unpaired) electrons. The van der Waals surface area contributed by atoms with Gasteiger partial charge in [-0.3, -0.25) is 0 Å². The van der Waals surface area contributed by atoms with Gasteiger partial charge in [0.15, 0.2) is 5.60 Å². The minimum absolute atomic E-state index is 0.00922. The van der Waals surface area contributed by atoms with Crippen LogP contribution in [0.25, 0.3) is 0 Å². The largest absolute Gasteiger partial charge is 0.479 e. The van der Waals surface area contributed by atoms with Crippen molar-refractivity contribution >= 4 is 5.97 Å². The number of rotatable bonds is 1. The first-order valence-electron chi connectivity index (χ1n) is 14.6. The van der Waals surface area contributed by atoms with Crippen molar-refractivity contribution in [2.75, 3.05) is 0 Å². The lowest BCUT2D eigenvalue weighted by atomic mass is 9.29. The van der Waals surface area contributed by atoms with Crippen LogP contribution in [-0.4, -0.2) is 33.0 Å². The van der Waals surface area contributed by atoms with Crippen LogP contribution in [0.2, 0.25) is 0 Å². The molecule has 35 heavy (non-hydrogen) atoms. The van der Waals surface area contributed by atoms with Gasteiger partial charge in [0.2, 0.25) is 0 Å². The molecule has 5 aliphatic carbocycles. The predicted molar refractivity (Wildman–Crippen MR) is 139 cm³/mol. The van der Waals surface area contributed by atoms with Crippen molar-refractivity contribution in [2.24, 2.45) is 62.6 Å². The maximum Gasteiger partial charge on any atom is 0.336 e. The van der Waals surface area contributed by atoms with Crippen LogP contribution in [0.15, 0.2) is 0 Å². The van der Waals surface area contributed by atoms with Crippen molar-refractivity contribution in [2.45, 2.75) is 125 Å². The molecule has 5 fully saturated rings. The Hall–Kier alpha value is -0.610. The van der Waals surface area contributed by atoms with Gasteiger partial charge in [-0.25, -0.2) is 4.79 Å². The van der Waals surface area contributed by atoms with Gasteiger partial charge in [-0.2, -0.15) is 0 Å². The maximum atomic E-state index is 12.8. The van der Waals surface area contributed by atoms with Crippen molar-refractivity contribution in [3.63, 3.8) is 0 Å². The Balaban J connectivity index is 1.62. The highest BCUT2D eigenvalue weighted by molar-refractivity contribution is 5.79. The molecule has 5 aliphatic rings. The van der Waals surface area contributed by atoms with Crippen molar-refractivity contribution in [1.82, 2.24) is 0 Å². The molecule has 200 valence electrons. The quantitative estimate of drug-likeness (QED) is 0.392. The molecular formula is C31H52O4. The third-order valence-corrected chi connectivity index (χ3v) is 14.6. The van der Waals surface area contributed by atoms with Crippen LogP contribution in [0.3, 0.4) is 0 Å². The second-order valence-corrected chi connectivity index (χ2v) is 15.7. The summed E-state index contributed by atoms with van der Waals surface area (Å²) >= 11 is 0. The molecule has 0 bridgehead atoms. The van der Waals surface area contributed by atoms with E-state index in [0.29, 0.717) is 11.3 Å². The van der Waals surface area contributed by atoms with E-state index in [1.165, 1.54) is 25.7 Å². The molecule has 0 heterocycles. The van der Waals surface area contributed by atoms with Gasteiger partial charge in [0.25, 0.3) is 0 Å². The zero-order chi connectivity index (χ0) is 26.0. The Bertz CT molecular complexity index is 898. The molecule has 0 saturated heterocycles. The summed E-state index contributed by atoms with van der Waals surface area (Å²) in [4.78, 5) is 12.8. The second kappa shape index (κ2) is 7.49. The van der Waals surface area contributed by atoms with E-state index in [2.05, 4.69) is 55.4 Å². The van der Waals surface area contributed by atoms with Crippen LogP contribution >= 0.6 is 0 Å². The zero-order valence-corrected chi connectivity index (χ0v) is 23.7. The third kappa shape index (κ3) is 2.91. The van der Waals surface area contributed by atoms with E-state index in [9.17, 15) is 20.1 Å². The third-order valence-electron chi connectivity index (χ3n) is 14.6. The van der Waals surface area contributed by atoms with Crippen molar-refractivity contribution < 1.29 is 20.1 Å². The number of carboxylic acids is 1. The summed E-state index contributed by atoms with van der Waals surface area (Å²) in [6.07, 6.45) is 8.43. The molecule has 4 nitrogen and oxygen atoms in total. The monoisotopic (exact) mass is 488 g/mol. The van der Waals surface area contributed by atoms with E-state index in [1.807, 2.05) is 0 Å². The fraction of sp³-hybridized carbons (Fsp3) is 0.968. The topological polar surface area (TPSA) is 77.8 Å². The Morgan fingerprint density at radius 1 is 0.800 bits per heavy atom. The van der Waals surface area contributed by atoms with Gasteiger partial charge in [0.1, 0.15) is 0 Å². The molecule has 0 aromatic rings. The number of aliphatic hydroxyl groups is 2. The number of hydrogen-bond acceptors (Lipinski definition) is 3. The first-order valence-corrected chi connectivity index (χ1v) is 14.6. The van der Waals surface area contributed by atoms with E-state index in [0.717, 1.165) is 43.4 Å². The first kappa shape index (κ1) is 26.0. The smallest absolute Gasteiger partial charge is 0.336 e. The van der Waals surface area contributed by atoms with Crippen LogP contribution in [0.1, 0.15) is 113 Å². The van der Waals surface area contributed by atoms with Crippen LogP contribution in [0, 0.1) is 62.6 Å². The summed E-state index contributed by atoms with van der Waals surface area (Å²) in [5.41, 5.74) is -2.48. The number of hydrogen-bond donors (Lipinski definition) is 3. The Morgan fingerprint density at radius 3 is 2.09 bits per heavy atom. The van der Waals surface area contributed by atoms with E-state index in [1.54, 1.807) is 0 Å². The molecule has 3 N–H and O–H groups in total. The van der Waals surface area contributed by atoms with E-state index in [4.69, 9.17) is 0 Å². The van der Waals surface area contributed by atoms with Crippen LogP contribution in [0.4, 0.5) is 0 Å². The normalized spacial score (nSPS) is 59.4. The van der Waals surface area contributed by atoms with Crippen molar-refractivity contribution in [1.29, 1.82) is 0 Å². The summed E-state index contributed by atoms with van der Waals surface area (Å²) in [6, 6.07) is 0. The Kier molecular flexibility index (Phi) is 5.57. The molecule has 0 aliphatic heterocycles. The fourth-order valence-electron chi connectivity index (χ4n) is 12.0. The van der Waals surface area contributed by atoms with Crippen LogP contribution < -0.4 is 0 Å². The van der Waals surface area contributed by atoms with E-state index < -0.39 is 28.5 Å². The number of aliphatic carboxylic acids is 1. The van der Waals surface area contributed by atoms with Gasteiger partial charge in [0.05, 0.1) is 6.10 Å². The molecule has 0 amide bonds. The van der Waals surface area contributed by atoms with Gasteiger partial charge in [0, 0.05) is 11.8 Å². The lowest BCUT2D eigenvalue weighted by Gasteiger charge is -2.75. The van der Waals surface area contributed by atoms with Crippen molar-refractivity contribution in [3.05, 3.63) is 0 Å². The number of carbonyl (C=O) groups is 1. The number of carboxylic acid groups (broad SMARTS) is 1. The summed E-state index contributed by atoms with van der Waals surface area (Å²) in [7, 11) is 0.